The second kappa shape index (κ2) is 13.4. The van der Waals surface area contributed by atoms with Gasteiger partial charge in [-0.15, -0.1) is 0 Å². The molecule has 0 radical (unpaired) electrons. The van der Waals surface area contributed by atoms with Crippen LogP contribution in [0.25, 0.3) is 32.9 Å². The number of amides is 2. The summed E-state index contributed by atoms with van der Waals surface area (Å²) >= 11 is 13.2. The van der Waals surface area contributed by atoms with Crippen molar-refractivity contribution in [3.8, 4) is 23.1 Å². The summed E-state index contributed by atoms with van der Waals surface area (Å²) in [6.45, 7) is 5.57. The number of likely N-dealkylation sites (N-methyl/N-ethyl adjacent to an activating group) is 1. The van der Waals surface area contributed by atoms with Gasteiger partial charge in [0.05, 0.1) is 45.1 Å². The molecule has 272 valence electrons. The zero-order valence-corrected chi connectivity index (χ0v) is 30.9. The van der Waals surface area contributed by atoms with E-state index in [1.165, 1.54) is 4.90 Å². The molecule has 4 saturated heterocycles. The van der Waals surface area contributed by atoms with Crippen molar-refractivity contribution in [1.82, 2.24) is 24.3 Å². The third-order valence-electron chi connectivity index (χ3n) is 12.0. The number of halogens is 3. The molecule has 52 heavy (non-hydrogen) atoms. The summed E-state index contributed by atoms with van der Waals surface area (Å²) in [5.74, 6) is -0.297. The lowest BCUT2D eigenvalue weighted by molar-refractivity contribution is -0.129. The molecule has 10 nitrogen and oxygen atoms in total. The van der Waals surface area contributed by atoms with Crippen molar-refractivity contribution in [2.45, 2.75) is 89.1 Å². The highest BCUT2D eigenvalue weighted by Gasteiger charge is 2.56. The van der Waals surface area contributed by atoms with E-state index < -0.39 is 11.9 Å². The summed E-state index contributed by atoms with van der Waals surface area (Å²) in [4.78, 5) is 36.0. The Morgan fingerprint density at radius 3 is 2.63 bits per heavy atom. The van der Waals surface area contributed by atoms with Gasteiger partial charge in [-0.25, -0.2) is 14.2 Å². The zero-order valence-electron chi connectivity index (χ0n) is 29.4. The second-order valence-electron chi connectivity index (χ2n) is 14.9. The first-order valence-electron chi connectivity index (χ1n) is 18.1. The number of nitriles is 1. The van der Waals surface area contributed by atoms with Gasteiger partial charge >= 0.3 is 6.09 Å². The van der Waals surface area contributed by atoms with Gasteiger partial charge in [0.25, 0.3) is 0 Å². The maximum absolute atomic E-state index is 17.5. The number of carbonyl (C=O) groups excluding carboxylic acids is 1. The largest absolute Gasteiger partial charge is 0.472 e. The van der Waals surface area contributed by atoms with Crippen LogP contribution in [0.1, 0.15) is 75.7 Å². The molecule has 0 spiro atoms. The van der Waals surface area contributed by atoms with E-state index >= 15 is 4.39 Å². The third kappa shape index (κ3) is 5.48. The molecular weight excluding hydrogens is 706 g/mol. The first-order chi connectivity index (χ1) is 25.0. The highest BCUT2D eigenvalue weighted by molar-refractivity contribution is 6.43. The van der Waals surface area contributed by atoms with Crippen LogP contribution in [-0.4, -0.2) is 86.2 Å². The minimum absolute atomic E-state index is 0.0340. The molecule has 6 atom stereocenters. The maximum atomic E-state index is 17.5. The Hall–Kier alpha value is -4.11. The van der Waals surface area contributed by atoms with Crippen molar-refractivity contribution in [3.05, 3.63) is 57.5 Å². The number of carboxylic acid groups (broad SMARTS) is 1. The van der Waals surface area contributed by atoms with Crippen LogP contribution in [0.5, 0.6) is 5.88 Å². The number of aromatic nitrogens is 2. The molecule has 2 bridgehead atoms. The Kier molecular flexibility index (Phi) is 9.00. The molecule has 5 fully saturated rings. The SMILES string of the molecule is CC(=O)N1CCC[C@@H]1c1cc2c(OC(C)[C@@H]3CCCN3C)nc3c(F)c(-c4cccc(Cl)c4Cl)c(CCC#N)cc3c2n1[C@H]1[C@@H]2C[C@H]1N(C(=O)O)C2. The van der Waals surface area contributed by atoms with Gasteiger partial charge < -0.3 is 24.2 Å². The number of fused-ring (bicyclic) bond motifs is 4. The number of hydrogen-bond donors (Lipinski definition) is 1. The van der Waals surface area contributed by atoms with E-state index in [0.29, 0.717) is 40.5 Å². The van der Waals surface area contributed by atoms with Crippen molar-refractivity contribution in [1.29, 1.82) is 5.26 Å². The maximum Gasteiger partial charge on any atom is 0.407 e. The number of likely N-dealkylation sites (tertiary alicyclic amines) is 2. The molecule has 13 heteroatoms. The number of pyridine rings is 1. The molecule has 2 aromatic heterocycles. The van der Waals surface area contributed by atoms with E-state index in [1.807, 2.05) is 24.0 Å². The van der Waals surface area contributed by atoms with Crippen LogP contribution in [0.2, 0.25) is 10.0 Å². The number of aryl methyl sites for hydroxylation is 1. The van der Waals surface area contributed by atoms with Crippen LogP contribution in [0, 0.1) is 23.1 Å². The average molecular weight is 748 g/mol. The van der Waals surface area contributed by atoms with Crippen molar-refractivity contribution < 1.29 is 23.8 Å². The molecule has 4 aromatic rings. The van der Waals surface area contributed by atoms with Gasteiger partial charge in [0, 0.05) is 60.6 Å². The standard InChI is InChI=1S/C39H41Cl2FN6O4/c1-20(28-11-6-14-45(28)3)52-38-26-18-30(29-12-7-15-46(29)21(2)49)48(36-23-17-31(36)47(19-23)39(50)51)37(26)25-16-22(8-5-13-43)32(34(42)35(25)44-38)24-9-4-10-27(40)33(24)41/h4,9-10,16,18,20,23,28-29,31,36H,5-8,11-12,14-15,17,19H2,1-3H3,(H,50,51)/t20?,23-,28+,29-,31-,36+/m1/s1. The van der Waals surface area contributed by atoms with E-state index in [9.17, 15) is 20.0 Å². The molecule has 2 aromatic carbocycles. The van der Waals surface area contributed by atoms with Gasteiger partial charge in [0.2, 0.25) is 11.8 Å². The molecule has 1 aliphatic carbocycles. The first kappa shape index (κ1) is 34.9. The number of rotatable bonds is 8. The fourth-order valence-electron chi connectivity index (χ4n) is 9.60. The lowest BCUT2D eigenvalue weighted by atomic mass is 9.79. The number of carbonyl (C=O) groups is 2. The highest BCUT2D eigenvalue weighted by Crippen LogP contribution is 2.54. The lowest BCUT2D eigenvalue weighted by Crippen LogP contribution is -2.43. The topological polar surface area (TPSA) is 115 Å². The van der Waals surface area contributed by atoms with Crippen LogP contribution in [-0.2, 0) is 11.2 Å². The van der Waals surface area contributed by atoms with Gasteiger partial charge in [-0.05, 0) is 82.8 Å². The molecule has 1 N–H and O–H groups in total. The van der Waals surface area contributed by atoms with E-state index in [1.54, 1.807) is 25.1 Å². The Bertz CT molecular complexity index is 2170. The minimum atomic E-state index is -0.961. The normalized spacial score (nSPS) is 24.8. The van der Waals surface area contributed by atoms with E-state index in [2.05, 4.69) is 22.6 Å². The van der Waals surface area contributed by atoms with Crippen LogP contribution < -0.4 is 4.74 Å². The second-order valence-corrected chi connectivity index (χ2v) is 15.7. The van der Waals surface area contributed by atoms with Crippen molar-refractivity contribution in [2.75, 3.05) is 26.7 Å². The van der Waals surface area contributed by atoms with E-state index in [4.69, 9.17) is 32.9 Å². The summed E-state index contributed by atoms with van der Waals surface area (Å²) in [6, 6.07) is 10.6. The fraction of sp³-hybridized carbons (Fsp3) is 0.487. The molecule has 1 saturated carbocycles. The summed E-state index contributed by atoms with van der Waals surface area (Å²) < 4.78 is 26.5. The average Bonchev–Trinajstić information content (AvgIpc) is 3.94. The van der Waals surface area contributed by atoms with Gasteiger partial charge in [-0.1, -0.05) is 35.3 Å². The monoisotopic (exact) mass is 746 g/mol. The van der Waals surface area contributed by atoms with Crippen LogP contribution in [0.3, 0.4) is 0 Å². The molecule has 5 aliphatic rings. The quantitative estimate of drug-likeness (QED) is 0.193. The van der Waals surface area contributed by atoms with Gasteiger partial charge in [-0.3, -0.25) is 9.69 Å². The Balaban J connectivity index is 1.45. The summed E-state index contributed by atoms with van der Waals surface area (Å²) in [5, 5.41) is 21.5. The molecule has 1 unspecified atom stereocenters. The molecular formula is C39H41Cl2FN6O4. The highest BCUT2D eigenvalue weighted by atomic mass is 35.5. The van der Waals surface area contributed by atoms with Crippen molar-refractivity contribution in [2.24, 2.45) is 5.92 Å². The molecule has 9 rings (SSSR count). The van der Waals surface area contributed by atoms with Gasteiger partial charge in [-0.2, -0.15) is 5.26 Å². The third-order valence-corrected chi connectivity index (χ3v) is 12.8. The number of ether oxygens (including phenoxy) is 1. The van der Waals surface area contributed by atoms with Crippen molar-refractivity contribution >= 4 is 57.0 Å². The molecule has 6 heterocycles. The molecule has 4 aliphatic heterocycles. The smallest absolute Gasteiger partial charge is 0.407 e. The van der Waals surface area contributed by atoms with E-state index in [-0.39, 0.29) is 81.9 Å². The number of nitrogens with zero attached hydrogens (tertiary/aromatic N) is 6. The fourth-order valence-corrected chi connectivity index (χ4v) is 9.99. The number of hydrogen-bond acceptors (Lipinski definition) is 6. The lowest BCUT2D eigenvalue weighted by Gasteiger charge is -2.40. The zero-order chi connectivity index (χ0) is 36.6. The minimum Gasteiger partial charge on any atom is -0.472 e. The summed E-state index contributed by atoms with van der Waals surface area (Å²) in [7, 11) is 2.08. The Morgan fingerprint density at radius 2 is 1.94 bits per heavy atom. The predicted octanol–water partition coefficient (Wildman–Crippen LogP) is 8.23. The van der Waals surface area contributed by atoms with Crippen LogP contribution in [0.4, 0.5) is 9.18 Å². The van der Waals surface area contributed by atoms with Gasteiger partial charge in [0.15, 0.2) is 5.82 Å². The number of benzene rings is 2. The van der Waals surface area contributed by atoms with Crippen LogP contribution >= 0.6 is 23.2 Å². The summed E-state index contributed by atoms with van der Waals surface area (Å²) in [5.41, 5.74) is 2.88. The van der Waals surface area contributed by atoms with E-state index in [0.717, 1.165) is 44.3 Å². The predicted molar refractivity (Wildman–Crippen MR) is 197 cm³/mol. The Morgan fingerprint density at radius 1 is 1.15 bits per heavy atom. The van der Waals surface area contributed by atoms with Crippen LogP contribution in [0.15, 0.2) is 30.3 Å². The summed E-state index contributed by atoms with van der Waals surface area (Å²) in [6.07, 6.45) is 3.47. The molecule has 2 amide bonds. The van der Waals surface area contributed by atoms with Gasteiger partial charge in [0.1, 0.15) is 11.6 Å². The Labute approximate surface area is 311 Å². The first-order valence-corrected chi connectivity index (χ1v) is 18.9. The van der Waals surface area contributed by atoms with Crippen molar-refractivity contribution in [3.63, 3.8) is 0 Å².